The van der Waals surface area contributed by atoms with Crippen molar-refractivity contribution in [3.8, 4) is 0 Å². The minimum Gasteiger partial charge on any atom is -0.390 e. The van der Waals surface area contributed by atoms with Crippen molar-refractivity contribution in [3.63, 3.8) is 0 Å². The van der Waals surface area contributed by atoms with Gasteiger partial charge in [-0.15, -0.1) is 0 Å². The second-order valence-corrected chi connectivity index (χ2v) is 9.85. The molecule has 0 aliphatic carbocycles. The molecule has 32 heavy (non-hydrogen) atoms. The molecule has 4 N–H and O–H groups in total. The molecule has 12 heteroatoms. The van der Waals surface area contributed by atoms with Gasteiger partial charge in [0.2, 0.25) is 0 Å². The van der Waals surface area contributed by atoms with Crippen LogP contribution in [0.2, 0.25) is 0 Å². The van der Waals surface area contributed by atoms with E-state index in [0.29, 0.717) is 39.3 Å². The summed E-state index contributed by atoms with van der Waals surface area (Å²) < 4.78 is 0. The van der Waals surface area contributed by atoms with Gasteiger partial charge in [-0.25, -0.2) is 9.59 Å². The molecule has 0 unspecified atom stereocenters. The van der Waals surface area contributed by atoms with Crippen LogP contribution in [0.4, 0.5) is 9.59 Å². The van der Waals surface area contributed by atoms with Crippen molar-refractivity contribution < 1.29 is 29.4 Å². The second kappa shape index (κ2) is 8.93. The predicted octanol–water partition coefficient (Wildman–Crippen LogP) is -2.01. The predicted molar refractivity (Wildman–Crippen MR) is 114 cm³/mol. The van der Waals surface area contributed by atoms with Gasteiger partial charge in [0.25, 0.3) is 11.8 Å². The molecule has 3 rings (SSSR count). The minimum absolute atomic E-state index is 0.0602. The van der Waals surface area contributed by atoms with Crippen LogP contribution in [0.1, 0.15) is 27.7 Å². The monoisotopic (exact) mass is 454 g/mol. The number of urea groups is 2. The molecule has 0 spiro atoms. The molecule has 3 aliphatic rings. The maximum Gasteiger partial charge on any atom is 0.325 e. The number of β-amino-alcohol motifs (C(OH)–C–C–N with tert-alkyl or cyclic N) is 2. The summed E-state index contributed by atoms with van der Waals surface area (Å²) in [6.07, 6.45) is -1.72. The quantitative estimate of drug-likeness (QED) is 0.308. The van der Waals surface area contributed by atoms with Gasteiger partial charge in [0.05, 0.1) is 25.3 Å². The van der Waals surface area contributed by atoms with Crippen LogP contribution in [0.5, 0.6) is 0 Å². The van der Waals surface area contributed by atoms with Gasteiger partial charge >= 0.3 is 12.1 Å². The largest absolute Gasteiger partial charge is 0.390 e. The lowest BCUT2D eigenvalue weighted by Crippen LogP contribution is -2.53. The van der Waals surface area contributed by atoms with E-state index in [-0.39, 0.29) is 24.9 Å². The first-order valence-electron chi connectivity index (χ1n) is 10.9. The molecule has 3 saturated heterocycles. The van der Waals surface area contributed by atoms with Gasteiger partial charge in [-0.05, 0) is 27.7 Å². The van der Waals surface area contributed by atoms with E-state index in [1.807, 2.05) is 9.80 Å². The molecule has 2 atom stereocenters. The molecule has 3 heterocycles. The molecule has 3 aliphatic heterocycles. The standard InChI is InChI=1S/C20H34N6O6/c1-19(2)15(29)25(17(31)21-19)11-13(27)9-23-5-7-24(8-6-23)10-14(28)12-26-16(30)20(3,4)22-18(26)32/h13-14,27-28H,5-12H2,1-4H3,(H,21,31)(H,22,32)/t13-,14+. The van der Waals surface area contributed by atoms with Crippen molar-refractivity contribution in [1.82, 2.24) is 30.2 Å². The van der Waals surface area contributed by atoms with Gasteiger partial charge in [-0.1, -0.05) is 0 Å². The average molecular weight is 455 g/mol. The average Bonchev–Trinajstić information content (AvgIpc) is 2.99. The Balaban J connectivity index is 1.40. The van der Waals surface area contributed by atoms with Crippen molar-refractivity contribution in [2.24, 2.45) is 0 Å². The molecule has 180 valence electrons. The molecular weight excluding hydrogens is 420 g/mol. The van der Waals surface area contributed by atoms with Crippen LogP contribution in [0, 0.1) is 0 Å². The topological polar surface area (TPSA) is 146 Å². The minimum atomic E-state index is -0.959. The zero-order valence-corrected chi connectivity index (χ0v) is 19.1. The molecular formula is C20H34N6O6. The Kier molecular flexibility index (Phi) is 6.80. The zero-order chi connectivity index (χ0) is 23.8. The third kappa shape index (κ3) is 5.20. The molecule has 3 fully saturated rings. The summed E-state index contributed by atoms with van der Waals surface area (Å²) >= 11 is 0. The van der Waals surface area contributed by atoms with E-state index in [1.54, 1.807) is 27.7 Å². The SMILES string of the molecule is CC1(C)NC(=O)N(C[C@H](O)CN2CCN(C[C@H](O)CN3C(=O)NC(C)(C)C3=O)CC2)C1=O. The first-order valence-corrected chi connectivity index (χ1v) is 10.9. The number of amides is 6. The van der Waals surface area contributed by atoms with Crippen LogP contribution in [0.3, 0.4) is 0 Å². The zero-order valence-electron chi connectivity index (χ0n) is 19.1. The Morgan fingerprint density at radius 2 is 1.00 bits per heavy atom. The molecule has 12 nitrogen and oxygen atoms in total. The van der Waals surface area contributed by atoms with Crippen molar-refractivity contribution in [2.75, 3.05) is 52.4 Å². The Morgan fingerprint density at radius 1 is 0.688 bits per heavy atom. The van der Waals surface area contributed by atoms with Crippen LogP contribution < -0.4 is 10.6 Å². The Bertz CT molecular complexity index is 715. The highest BCUT2D eigenvalue weighted by molar-refractivity contribution is 6.07. The highest BCUT2D eigenvalue weighted by Crippen LogP contribution is 2.18. The summed E-state index contributed by atoms with van der Waals surface area (Å²) in [5.74, 6) is -0.706. The van der Waals surface area contributed by atoms with Crippen LogP contribution in [0.15, 0.2) is 0 Å². The lowest BCUT2D eigenvalue weighted by atomic mass is 10.1. The summed E-state index contributed by atoms with van der Waals surface area (Å²) in [6.45, 7) is 9.61. The van der Waals surface area contributed by atoms with Gasteiger partial charge in [0, 0.05) is 39.3 Å². The summed E-state index contributed by atoms with van der Waals surface area (Å²) in [5.41, 5.74) is -1.92. The molecule has 0 aromatic carbocycles. The summed E-state index contributed by atoms with van der Waals surface area (Å²) in [6, 6.07) is -0.988. The molecule has 0 aromatic heterocycles. The highest BCUT2D eigenvalue weighted by atomic mass is 16.3. The molecule has 6 amide bonds. The normalized spacial score (nSPS) is 25.8. The number of imide groups is 2. The van der Waals surface area contributed by atoms with Crippen molar-refractivity contribution >= 4 is 23.9 Å². The Hall–Kier alpha value is -2.28. The van der Waals surface area contributed by atoms with Gasteiger partial charge < -0.3 is 20.8 Å². The highest BCUT2D eigenvalue weighted by Gasteiger charge is 2.46. The van der Waals surface area contributed by atoms with E-state index >= 15 is 0 Å². The number of hydrogen-bond acceptors (Lipinski definition) is 8. The van der Waals surface area contributed by atoms with E-state index in [0.717, 1.165) is 9.80 Å². The fourth-order valence-corrected chi connectivity index (χ4v) is 4.25. The van der Waals surface area contributed by atoms with E-state index in [2.05, 4.69) is 10.6 Å². The number of nitrogens with zero attached hydrogens (tertiary/aromatic N) is 4. The molecule has 0 saturated carbocycles. The summed E-state index contributed by atoms with van der Waals surface area (Å²) in [7, 11) is 0. The molecule has 0 radical (unpaired) electrons. The number of rotatable bonds is 8. The number of nitrogens with one attached hydrogen (secondary N) is 2. The maximum atomic E-state index is 12.2. The maximum absolute atomic E-state index is 12.2. The number of piperazine rings is 1. The number of carbonyl (C=O) groups is 4. The Labute approximate surface area is 187 Å². The van der Waals surface area contributed by atoms with E-state index in [4.69, 9.17) is 0 Å². The first-order chi connectivity index (χ1) is 14.8. The number of aliphatic hydroxyl groups is 2. The summed E-state index contributed by atoms with van der Waals surface area (Å²) in [4.78, 5) is 54.6. The molecule has 0 bridgehead atoms. The van der Waals surface area contributed by atoms with Crippen LogP contribution in [-0.2, 0) is 9.59 Å². The van der Waals surface area contributed by atoms with Gasteiger partial charge in [0.15, 0.2) is 0 Å². The number of hydrogen-bond donors (Lipinski definition) is 4. The fourth-order valence-electron chi connectivity index (χ4n) is 4.25. The van der Waals surface area contributed by atoms with Crippen LogP contribution in [-0.4, -0.2) is 129 Å². The lowest BCUT2D eigenvalue weighted by molar-refractivity contribution is -0.132. The first kappa shape index (κ1) is 24.4. The third-order valence-corrected chi connectivity index (χ3v) is 6.08. The van der Waals surface area contributed by atoms with Gasteiger partial charge in [-0.2, -0.15) is 0 Å². The van der Waals surface area contributed by atoms with Gasteiger partial charge in [-0.3, -0.25) is 29.2 Å². The van der Waals surface area contributed by atoms with Crippen molar-refractivity contribution in [3.05, 3.63) is 0 Å². The lowest BCUT2D eigenvalue weighted by Gasteiger charge is -2.37. The number of aliphatic hydroxyl groups excluding tert-OH is 2. The van der Waals surface area contributed by atoms with E-state index in [9.17, 15) is 29.4 Å². The van der Waals surface area contributed by atoms with Crippen molar-refractivity contribution in [1.29, 1.82) is 0 Å². The Morgan fingerprint density at radius 3 is 1.25 bits per heavy atom. The van der Waals surface area contributed by atoms with Crippen LogP contribution >= 0.6 is 0 Å². The van der Waals surface area contributed by atoms with E-state index in [1.165, 1.54) is 0 Å². The number of carbonyl (C=O) groups excluding carboxylic acids is 4. The third-order valence-electron chi connectivity index (χ3n) is 6.08. The van der Waals surface area contributed by atoms with Crippen molar-refractivity contribution in [2.45, 2.75) is 51.0 Å². The summed E-state index contributed by atoms with van der Waals surface area (Å²) in [5, 5.41) is 26.0. The van der Waals surface area contributed by atoms with Gasteiger partial charge in [0.1, 0.15) is 11.1 Å². The van der Waals surface area contributed by atoms with E-state index < -0.39 is 35.3 Å². The second-order valence-electron chi connectivity index (χ2n) is 9.85. The molecule has 0 aromatic rings. The fraction of sp³-hybridized carbons (Fsp3) is 0.800. The van der Waals surface area contributed by atoms with Crippen LogP contribution in [0.25, 0.3) is 0 Å². The smallest absolute Gasteiger partial charge is 0.325 e.